The summed E-state index contributed by atoms with van der Waals surface area (Å²) in [6, 6.07) is 4.14. The summed E-state index contributed by atoms with van der Waals surface area (Å²) in [5.74, 6) is 1.14. The van der Waals surface area contributed by atoms with Crippen molar-refractivity contribution < 1.29 is 4.79 Å². The molecule has 3 aromatic heterocycles. The minimum absolute atomic E-state index is 0.115. The first-order valence-electron chi connectivity index (χ1n) is 9.43. The van der Waals surface area contributed by atoms with Gasteiger partial charge in [-0.05, 0) is 70.8 Å². The molecule has 1 aliphatic rings. The summed E-state index contributed by atoms with van der Waals surface area (Å²) < 4.78 is 1.96. The van der Waals surface area contributed by atoms with E-state index < -0.39 is 0 Å². The van der Waals surface area contributed by atoms with Gasteiger partial charge in [-0.15, -0.1) is 11.3 Å². The number of halogens is 1. The number of carbonyl (C=O) groups excluding carboxylic acids is 1. The normalized spacial score (nSPS) is 15.1. The van der Waals surface area contributed by atoms with E-state index in [0.717, 1.165) is 58.6 Å². The topological polar surface area (TPSA) is 71.0 Å². The Bertz CT molecular complexity index is 984. The lowest BCUT2D eigenvalue weighted by Crippen LogP contribution is -2.45. The summed E-state index contributed by atoms with van der Waals surface area (Å²) in [7, 11) is 0. The van der Waals surface area contributed by atoms with E-state index >= 15 is 0 Å². The number of amides is 1. The van der Waals surface area contributed by atoms with Crippen LogP contribution >= 0.6 is 27.3 Å². The number of hydrogen-bond donors (Lipinski definition) is 1. The molecular weight excluding hydrogens is 438 g/mol. The van der Waals surface area contributed by atoms with Gasteiger partial charge in [0.1, 0.15) is 16.7 Å². The Kier molecular flexibility index (Phi) is 5.87. The SMILES string of the molecule is Cc1csc2c(N3CCC(NC(=O)CCc4ccnc(Br)c4)CC3)ncnc12. The Morgan fingerprint density at radius 3 is 2.93 bits per heavy atom. The van der Waals surface area contributed by atoms with Gasteiger partial charge >= 0.3 is 0 Å². The van der Waals surface area contributed by atoms with Crippen LogP contribution in [-0.4, -0.2) is 40.0 Å². The van der Waals surface area contributed by atoms with Crippen molar-refractivity contribution in [2.24, 2.45) is 0 Å². The highest BCUT2D eigenvalue weighted by atomic mass is 79.9. The van der Waals surface area contributed by atoms with Crippen LogP contribution in [0, 0.1) is 6.92 Å². The van der Waals surface area contributed by atoms with Crippen molar-refractivity contribution in [3.63, 3.8) is 0 Å². The quantitative estimate of drug-likeness (QED) is 0.586. The number of nitrogens with zero attached hydrogens (tertiary/aromatic N) is 4. The van der Waals surface area contributed by atoms with Gasteiger partial charge in [-0.25, -0.2) is 15.0 Å². The lowest BCUT2D eigenvalue weighted by Gasteiger charge is -2.33. The zero-order chi connectivity index (χ0) is 19.5. The van der Waals surface area contributed by atoms with Gasteiger partial charge in [0.25, 0.3) is 0 Å². The molecule has 1 saturated heterocycles. The Hall–Kier alpha value is -2.06. The first-order chi connectivity index (χ1) is 13.6. The number of aromatic nitrogens is 3. The van der Waals surface area contributed by atoms with Crippen LogP contribution in [0.1, 0.15) is 30.4 Å². The lowest BCUT2D eigenvalue weighted by atomic mass is 10.0. The van der Waals surface area contributed by atoms with E-state index in [1.807, 2.05) is 12.1 Å². The van der Waals surface area contributed by atoms with Crippen LogP contribution in [0.3, 0.4) is 0 Å². The van der Waals surface area contributed by atoms with Gasteiger partial charge in [0.15, 0.2) is 0 Å². The fourth-order valence-electron chi connectivity index (χ4n) is 3.57. The summed E-state index contributed by atoms with van der Waals surface area (Å²) in [4.78, 5) is 27.7. The average molecular weight is 460 g/mol. The third kappa shape index (κ3) is 4.33. The number of piperidine rings is 1. The third-order valence-corrected chi connectivity index (χ3v) is 6.62. The monoisotopic (exact) mass is 459 g/mol. The van der Waals surface area contributed by atoms with Crippen molar-refractivity contribution >= 4 is 49.2 Å². The average Bonchev–Trinajstić information content (AvgIpc) is 3.08. The number of hydrogen-bond acceptors (Lipinski definition) is 6. The molecule has 0 unspecified atom stereocenters. The molecule has 4 heterocycles. The molecule has 28 heavy (non-hydrogen) atoms. The van der Waals surface area contributed by atoms with E-state index in [1.54, 1.807) is 23.9 Å². The van der Waals surface area contributed by atoms with Crippen molar-refractivity contribution in [3.05, 3.63) is 45.8 Å². The highest BCUT2D eigenvalue weighted by Gasteiger charge is 2.23. The largest absolute Gasteiger partial charge is 0.355 e. The van der Waals surface area contributed by atoms with Crippen LogP contribution in [0.15, 0.2) is 34.6 Å². The number of carbonyl (C=O) groups is 1. The van der Waals surface area contributed by atoms with Crippen LogP contribution in [0.2, 0.25) is 0 Å². The van der Waals surface area contributed by atoms with E-state index in [4.69, 9.17) is 0 Å². The molecule has 1 fully saturated rings. The molecule has 0 saturated carbocycles. The Labute approximate surface area is 176 Å². The maximum atomic E-state index is 12.3. The Balaban J connectivity index is 1.30. The number of fused-ring (bicyclic) bond motifs is 1. The zero-order valence-corrected chi connectivity index (χ0v) is 18.1. The summed E-state index contributed by atoms with van der Waals surface area (Å²) in [6.07, 6.45) is 6.50. The number of anilines is 1. The molecule has 0 bridgehead atoms. The summed E-state index contributed by atoms with van der Waals surface area (Å²) in [6.45, 7) is 3.87. The van der Waals surface area contributed by atoms with Gasteiger partial charge in [-0.3, -0.25) is 4.79 Å². The van der Waals surface area contributed by atoms with Gasteiger partial charge in [0.05, 0.1) is 10.2 Å². The molecule has 0 aliphatic carbocycles. The number of aryl methyl sites for hydroxylation is 2. The number of pyridine rings is 1. The van der Waals surface area contributed by atoms with Crippen LogP contribution in [0.25, 0.3) is 10.2 Å². The lowest BCUT2D eigenvalue weighted by molar-refractivity contribution is -0.121. The fraction of sp³-hybridized carbons (Fsp3) is 0.400. The first kappa shape index (κ1) is 19.3. The second-order valence-electron chi connectivity index (χ2n) is 7.11. The Morgan fingerprint density at radius 1 is 1.32 bits per heavy atom. The molecule has 0 atom stereocenters. The van der Waals surface area contributed by atoms with Crippen molar-refractivity contribution in [2.75, 3.05) is 18.0 Å². The van der Waals surface area contributed by atoms with Gasteiger partial charge in [-0.2, -0.15) is 0 Å². The number of nitrogens with one attached hydrogen (secondary N) is 1. The zero-order valence-electron chi connectivity index (χ0n) is 15.7. The van der Waals surface area contributed by atoms with E-state index in [9.17, 15) is 4.79 Å². The molecule has 0 aromatic carbocycles. The van der Waals surface area contributed by atoms with Crippen LogP contribution in [-0.2, 0) is 11.2 Å². The van der Waals surface area contributed by atoms with E-state index in [2.05, 4.69) is 53.4 Å². The first-order valence-corrected chi connectivity index (χ1v) is 11.1. The summed E-state index contributed by atoms with van der Waals surface area (Å²) in [5, 5.41) is 5.33. The molecule has 6 nitrogen and oxygen atoms in total. The highest BCUT2D eigenvalue weighted by molar-refractivity contribution is 9.10. The van der Waals surface area contributed by atoms with Crippen LogP contribution < -0.4 is 10.2 Å². The molecule has 0 spiro atoms. The molecule has 1 N–H and O–H groups in total. The van der Waals surface area contributed by atoms with E-state index in [-0.39, 0.29) is 11.9 Å². The summed E-state index contributed by atoms with van der Waals surface area (Å²) >= 11 is 5.07. The second-order valence-corrected chi connectivity index (χ2v) is 8.80. The van der Waals surface area contributed by atoms with Gasteiger partial charge < -0.3 is 10.2 Å². The maximum absolute atomic E-state index is 12.3. The van der Waals surface area contributed by atoms with Gasteiger partial charge in [-0.1, -0.05) is 0 Å². The van der Waals surface area contributed by atoms with Crippen molar-refractivity contribution in [1.82, 2.24) is 20.3 Å². The number of thiophene rings is 1. The predicted octanol–water partition coefficient (Wildman–Crippen LogP) is 3.88. The highest BCUT2D eigenvalue weighted by Crippen LogP contribution is 2.32. The van der Waals surface area contributed by atoms with Gasteiger partial charge in [0, 0.05) is 31.7 Å². The standard InChI is InChI=1S/C20H22BrN5OS/c1-13-11-28-19-18(13)23-12-24-20(19)26-8-5-15(6-9-26)25-17(27)3-2-14-4-7-22-16(21)10-14/h4,7,10-12,15H,2-3,5-6,8-9H2,1H3,(H,25,27). The minimum atomic E-state index is 0.115. The summed E-state index contributed by atoms with van der Waals surface area (Å²) in [5.41, 5.74) is 3.37. The molecule has 1 aliphatic heterocycles. The van der Waals surface area contributed by atoms with Crippen molar-refractivity contribution in [2.45, 2.75) is 38.6 Å². The number of rotatable bonds is 5. The van der Waals surface area contributed by atoms with Crippen molar-refractivity contribution in [1.29, 1.82) is 0 Å². The predicted molar refractivity (Wildman–Crippen MR) is 116 cm³/mol. The minimum Gasteiger partial charge on any atom is -0.355 e. The molecule has 4 rings (SSSR count). The third-order valence-electron chi connectivity index (χ3n) is 5.10. The Morgan fingerprint density at radius 2 is 2.14 bits per heavy atom. The maximum Gasteiger partial charge on any atom is 0.220 e. The van der Waals surface area contributed by atoms with E-state index in [1.165, 1.54) is 5.56 Å². The molecule has 8 heteroatoms. The van der Waals surface area contributed by atoms with Crippen LogP contribution in [0.4, 0.5) is 5.82 Å². The molecule has 3 aromatic rings. The van der Waals surface area contributed by atoms with Gasteiger partial charge in [0.2, 0.25) is 5.91 Å². The fourth-order valence-corrected chi connectivity index (χ4v) is 5.00. The molecule has 0 radical (unpaired) electrons. The smallest absolute Gasteiger partial charge is 0.220 e. The molecule has 146 valence electrons. The molecular formula is C20H22BrN5OS. The van der Waals surface area contributed by atoms with Crippen LogP contribution in [0.5, 0.6) is 0 Å². The van der Waals surface area contributed by atoms with E-state index in [0.29, 0.717) is 6.42 Å². The molecule has 1 amide bonds. The second kappa shape index (κ2) is 8.53. The van der Waals surface area contributed by atoms with Crippen molar-refractivity contribution in [3.8, 4) is 0 Å².